The summed E-state index contributed by atoms with van der Waals surface area (Å²) in [5.74, 6) is 1.33. The number of rotatable bonds is 3. The van der Waals surface area contributed by atoms with Gasteiger partial charge in [-0.3, -0.25) is 4.79 Å². The number of nitrogen functional groups attached to an aromatic ring is 1. The summed E-state index contributed by atoms with van der Waals surface area (Å²) in [6.45, 7) is 3.80. The second kappa shape index (κ2) is 6.33. The van der Waals surface area contributed by atoms with Gasteiger partial charge in [0.1, 0.15) is 22.7 Å². The fourth-order valence-electron chi connectivity index (χ4n) is 3.17. The predicted molar refractivity (Wildman–Crippen MR) is 97.9 cm³/mol. The van der Waals surface area contributed by atoms with Gasteiger partial charge in [-0.25, -0.2) is 9.97 Å². The van der Waals surface area contributed by atoms with Gasteiger partial charge in [-0.1, -0.05) is 0 Å². The van der Waals surface area contributed by atoms with Crippen LogP contribution in [0.2, 0.25) is 0 Å². The Bertz CT molecular complexity index is 936. The highest BCUT2D eigenvalue weighted by atomic mass is 32.1. The Morgan fingerprint density at radius 2 is 2.12 bits per heavy atom. The summed E-state index contributed by atoms with van der Waals surface area (Å²) in [4.78, 5) is 25.1. The van der Waals surface area contributed by atoms with Crippen LogP contribution in [0.5, 0.6) is 5.75 Å². The topological polar surface area (TPSA) is 81.3 Å². The van der Waals surface area contributed by atoms with Crippen molar-refractivity contribution in [1.29, 1.82) is 0 Å². The molecule has 4 rings (SSSR count). The first kappa shape index (κ1) is 15.8. The van der Waals surface area contributed by atoms with E-state index in [9.17, 15) is 4.79 Å². The molecular formula is C18H18N4O2S. The molecule has 0 atom stereocenters. The molecule has 0 unspecified atom stereocenters. The van der Waals surface area contributed by atoms with Crippen molar-refractivity contribution in [2.45, 2.75) is 19.9 Å². The Labute approximate surface area is 149 Å². The van der Waals surface area contributed by atoms with E-state index in [-0.39, 0.29) is 5.91 Å². The van der Waals surface area contributed by atoms with Gasteiger partial charge in [0.2, 0.25) is 0 Å². The van der Waals surface area contributed by atoms with Crippen LogP contribution in [-0.2, 0) is 13.0 Å². The van der Waals surface area contributed by atoms with Crippen LogP contribution >= 0.6 is 11.3 Å². The number of amides is 1. The van der Waals surface area contributed by atoms with Crippen molar-refractivity contribution in [1.82, 2.24) is 14.9 Å². The Morgan fingerprint density at radius 1 is 1.32 bits per heavy atom. The zero-order valence-corrected chi connectivity index (χ0v) is 14.7. The second-order valence-corrected chi connectivity index (χ2v) is 6.96. The Balaban J connectivity index is 1.58. The normalized spacial score (nSPS) is 13.7. The third-order valence-corrected chi connectivity index (χ3v) is 5.49. The predicted octanol–water partition coefficient (Wildman–Crippen LogP) is 2.87. The van der Waals surface area contributed by atoms with Crippen molar-refractivity contribution in [2.75, 3.05) is 18.9 Å². The van der Waals surface area contributed by atoms with Crippen LogP contribution < -0.4 is 10.5 Å². The molecule has 1 aromatic carbocycles. The molecule has 0 radical (unpaired) electrons. The second-order valence-electron chi connectivity index (χ2n) is 5.88. The molecule has 0 fully saturated rings. The molecule has 1 amide bonds. The third kappa shape index (κ3) is 2.80. The van der Waals surface area contributed by atoms with Gasteiger partial charge < -0.3 is 15.4 Å². The smallest absolute Gasteiger partial charge is 0.254 e. The van der Waals surface area contributed by atoms with E-state index in [0.29, 0.717) is 31.1 Å². The van der Waals surface area contributed by atoms with Crippen LogP contribution in [0, 0.1) is 0 Å². The molecular weight excluding hydrogens is 336 g/mol. The molecule has 128 valence electrons. The van der Waals surface area contributed by atoms with Gasteiger partial charge in [-0.15, -0.1) is 11.3 Å². The van der Waals surface area contributed by atoms with E-state index < -0.39 is 0 Å². The number of hydrogen-bond acceptors (Lipinski definition) is 6. The van der Waals surface area contributed by atoms with Crippen LogP contribution in [-0.4, -0.2) is 33.9 Å². The molecule has 1 aliphatic heterocycles. The maximum absolute atomic E-state index is 12.8. The van der Waals surface area contributed by atoms with E-state index in [1.54, 1.807) is 11.3 Å². The van der Waals surface area contributed by atoms with Crippen molar-refractivity contribution in [3.8, 4) is 5.75 Å². The zero-order valence-electron chi connectivity index (χ0n) is 13.9. The molecule has 6 nitrogen and oxygen atoms in total. The highest BCUT2D eigenvalue weighted by molar-refractivity contribution is 7.19. The first-order valence-corrected chi connectivity index (χ1v) is 9.02. The van der Waals surface area contributed by atoms with E-state index in [2.05, 4.69) is 9.97 Å². The molecule has 3 aromatic rings. The summed E-state index contributed by atoms with van der Waals surface area (Å²) in [5, 5.41) is 0.954. The van der Waals surface area contributed by atoms with Crippen LogP contribution in [0.15, 0.2) is 30.6 Å². The average Bonchev–Trinajstić information content (AvgIpc) is 3.01. The summed E-state index contributed by atoms with van der Waals surface area (Å²) >= 11 is 1.59. The molecule has 7 heteroatoms. The number of aromatic nitrogens is 2. The number of hydrogen-bond donors (Lipinski definition) is 1. The number of ether oxygens (including phenoxy) is 1. The first-order valence-electron chi connectivity index (χ1n) is 8.20. The number of carbonyl (C=O) groups excluding carboxylic acids is 1. The number of nitrogens with zero attached hydrogens (tertiary/aromatic N) is 3. The minimum atomic E-state index is 0.0326. The van der Waals surface area contributed by atoms with Crippen molar-refractivity contribution in [3.05, 3.63) is 46.6 Å². The van der Waals surface area contributed by atoms with Crippen LogP contribution in [0.4, 0.5) is 5.82 Å². The van der Waals surface area contributed by atoms with Crippen LogP contribution in [0.25, 0.3) is 10.2 Å². The van der Waals surface area contributed by atoms with Gasteiger partial charge in [0.15, 0.2) is 0 Å². The number of nitrogens with two attached hydrogens (primary N) is 1. The molecule has 0 saturated carbocycles. The lowest BCUT2D eigenvalue weighted by molar-refractivity contribution is 0.0737. The van der Waals surface area contributed by atoms with Crippen LogP contribution in [0.1, 0.15) is 27.7 Å². The monoisotopic (exact) mass is 354 g/mol. The fourth-order valence-corrected chi connectivity index (χ4v) is 4.38. The molecule has 0 bridgehead atoms. The lowest BCUT2D eigenvalue weighted by Gasteiger charge is -2.27. The lowest BCUT2D eigenvalue weighted by Crippen LogP contribution is -2.35. The average molecular weight is 354 g/mol. The van der Waals surface area contributed by atoms with E-state index in [4.69, 9.17) is 10.5 Å². The van der Waals surface area contributed by atoms with Crippen LogP contribution in [0.3, 0.4) is 0 Å². The molecule has 0 saturated heterocycles. The molecule has 3 heterocycles. The summed E-state index contributed by atoms with van der Waals surface area (Å²) < 4.78 is 5.43. The van der Waals surface area contributed by atoms with Crippen molar-refractivity contribution in [3.63, 3.8) is 0 Å². The first-order chi connectivity index (χ1) is 12.2. The quantitative estimate of drug-likeness (QED) is 0.782. The number of carbonyl (C=O) groups is 1. The number of fused-ring (bicyclic) bond motifs is 3. The van der Waals surface area contributed by atoms with Gasteiger partial charge in [-0.2, -0.15) is 0 Å². The highest BCUT2D eigenvalue weighted by Crippen LogP contribution is 2.36. The van der Waals surface area contributed by atoms with E-state index >= 15 is 0 Å². The lowest BCUT2D eigenvalue weighted by atomic mass is 10.0. The Morgan fingerprint density at radius 3 is 2.88 bits per heavy atom. The Kier molecular flexibility index (Phi) is 4.01. The SMILES string of the molecule is CCOc1ccc(C(=O)N2CCc3c(sc4ncnc(N)c34)C2)cc1. The fraction of sp³-hybridized carbons (Fsp3) is 0.278. The van der Waals surface area contributed by atoms with Gasteiger partial charge in [-0.05, 0) is 43.2 Å². The Hall–Kier alpha value is -2.67. The van der Waals surface area contributed by atoms with E-state index in [1.807, 2.05) is 36.1 Å². The number of anilines is 1. The summed E-state index contributed by atoms with van der Waals surface area (Å²) in [5.41, 5.74) is 7.87. The summed E-state index contributed by atoms with van der Waals surface area (Å²) in [6, 6.07) is 7.30. The summed E-state index contributed by atoms with van der Waals surface area (Å²) in [6.07, 6.45) is 2.26. The minimum absolute atomic E-state index is 0.0326. The van der Waals surface area contributed by atoms with Crippen molar-refractivity contribution < 1.29 is 9.53 Å². The van der Waals surface area contributed by atoms with Gasteiger partial charge >= 0.3 is 0 Å². The standard InChI is InChI=1S/C18H18N4O2S/c1-2-24-12-5-3-11(4-6-12)18(23)22-8-7-13-14(9-22)25-17-15(13)16(19)20-10-21-17/h3-6,10H,2,7-9H2,1H3,(H2,19,20,21). The molecule has 0 aliphatic carbocycles. The highest BCUT2D eigenvalue weighted by Gasteiger charge is 2.26. The molecule has 2 aromatic heterocycles. The molecule has 0 spiro atoms. The van der Waals surface area contributed by atoms with E-state index in [0.717, 1.165) is 27.3 Å². The van der Waals surface area contributed by atoms with Crippen molar-refractivity contribution >= 4 is 33.3 Å². The van der Waals surface area contributed by atoms with Gasteiger partial charge in [0.05, 0.1) is 18.5 Å². The molecule has 25 heavy (non-hydrogen) atoms. The van der Waals surface area contributed by atoms with E-state index in [1.165, 1.54) is 11.9 Å². The third-order valence-electron chi connectivity index (χ3n) is 4.37. The maximum Gasteiger partial charge on any atom is 0.254 e. The summed E-state index contributed by atoms with van der Waals surface area (Å²) in [7, 11) is 0. The van der Waals surface area contributed by atoms with Crippen molar-refractivity contribution in [2.24, 2.45) is 0 Å². The number of thiophene rings is 1. The van der Waals surface area contributed by atoms with Gasteiger partial charge in [0, 0.05) is 17.0 Å². The number of benzene rings is 1. The largest absolute Gasteiger partial charge is 0.494 e. The maximum atomic E-state index is 12.8. The minimum Gasteiger partial charge on any atom is -0.494 e. The zero-order chi connectivity index (χ0) is 17.4. The molecule has 1 aliphatic rings. The van der Waals surface area contributed by atoms with Gasteiger partial charge in [0.25, 0.3) is 5.91 Å². The molecule has 2 N–H and O–H groups in total.